The molecule has 3 aromatic rings. The van der Waals surface area contributed by atoms with Crippen molar-refractivity contribution in [1.82, 2.24) is 26.2 Å². The third-order valence-corrected chi connectivity index (χ3v) is 9.49. The minimum atomic E-state index is -1.48. The van der Waals surface area contributed by atoms with E-state index in [0.717, 1.165) is 23.3 Å². The van der Waals surface area contributed by atoms with E-state index in [4.69, 9.17) is 14.2 Å². The summed E-state index contributed by atoms with van der Waals surface area (Å²) in [4.78, 5) is 69.3. The summed E-state index contributed by atoms with van der Waals surface area (Å²) in [7, 11) is 0. The van der Waals surface area contributed by atoms with Crippen molar-refractivity contribution in [1.29, 1.82) is 0 Å². The molecule has 274 valence electrons. The zero-order valence-electron chi connectivity index (χ0n) is 28.9. The van der Waals surface area contributed by atoms with Gasteiger partial charge in [0.15, 0.2) is 5.60 Å². The number of nitrogens with zero attached hydrogens (tertiary/aromatic N) is 1. The Morgan fingerprint density at radius 2 is 1.54 bits per heavy atom. The molecule has 3 aromatic carbocycles. The second kappa shape index (κ2) is 16.1. The van der Waals surface area contributed by atoms with Gasteiger partial charge in [-0.25, -0.2) is 0 Å². The van der Waals surface area contributed by atoms with Crippen LogP contribution in [0.1, 0.15) is 41.3 Å². The fourth-order valence-corrected chi connectivity index (χ4v) is 6.47. The van der Waals surface area contributed by atoms with E-state index in [1.165, 1.54) is 6.92 Å². The van der Waals surface area contributed by atoms with Crippen LogP contribution in [-0.4, -0.2) is 103 Å². The first-order chi connectivity index (χ1) is 25.1. The van der Waals surface area contributed by atoms with Crippen molar-refractivity contribution in [3.63, 3.8) is 0 Å². The zero-order chi connectivity index (χ0) is 36.7. The largest absolute Gasteiger partial charge is 0.493 e. The molecule has 14 nitrogen and oxygen atoms in total. The summed E-state index contributed by atoms with van der Waals surface area (Å²) in [5.41, 5.74) is 0.772. The highest BCUT2D eigenvalue weighted by atomic mass is 16.5. The molecule has 1 spiro atoms. The van der Waals surface area contributed by atoms with Gasteiger partial charge in [0.05, 0.1) is 19.8 Å². The SMILES string of the molecule is C[C@@H]1NC(=O)[C@H](CO)NC(=O)[C@@H](Cc2ccccc2)NC(=O)C2(CCN(C(=O)c3ccc4c(c3)CCO4)CC2)Oc2ccc(cc2)OCCNC1=O. The van der Waals surface area contributed by atoms with Crippen LogP contribution in [0.5, 0.6) is 17.2 Å². The van der Waals surface area contributed by atoms with Crippen LogP contribution >= 0.6 is 0 Å². The minimum Gasteiger partial charge on any atom is -0.493 e. The summed E-state index contributed by atoms with van der Waals surface area (Å²) < 4.78 is 17.8. The fraction of sp³-hybridized carbons (Fsp3) is 0.395. The quantitative estimate of drug-likeness (QED) is 0.245. The van der Waals surface area contributed by atoms with Crippen LogP contribution in [0, 0.1) is 0 Å². The number of likely N-dealkylation sites (tertiary alicyclic amines) is 1. The molecule has 5 amide bonds. The van der Waals surface area contributed by atoms with E-state index >= 15 is 0 Å². The number of fused-ring (bicyclic) bond motifs is 16. The van der Waals surface area contributed by atoms with E-state index in [9.17, 15) is 29.1 Å². The topological polar surface area (TPSA) is 185 Å². The van der Waals surface area contributed by atoms with Crippen LogP contribution in [0.4, 0.5) is 0 Å². The Morgan fingerprint density at radius 1 is 0.827 bits per heavy atom. The summed E-state index contributed by atoms with van der Waals surface area (Å²) in [6.45, 7) is 1.99. The van der Waals surface area contributed by atoms with E-state index in [1.54, 1.807) is 65.6 Å². The number of piperidine rings is 1. The molecule has 0 aliphatic carbocycles. The van der Waals surface area contributed by atoms with E-state index in [2.05, 4.69) is 21.3 Å². The molecular formula is C38H43N5O9. The lowest BCUT2D eigenvalue weighted by molar-refractivity contribution is -0.144. The number of carbonyl (C=O) groups excluding carboxylic acids is 5. The third-order valence-electron chi connectivity index (χ3n) is 9.49. The van der Waals surface area contributed by atoms with Crippen LogP contribution < -0.4 is 35.5 Å². The molecule has 2 bridgehead atoms. The van der Waals surface area contributed by atoms with Crippen LogP contribution in [-0.2, 0) is 32.0 Å². The van der Waals surface area contributed by atoms with Crippen molar-refractivity contribution in [3.8, 4) is 17.2 Å². The van der Waals surface area contributed by atoms with Gasteiger partial charge in [0.25, 0.3) is 11.8 Å². The maximum atomic E-state index is 14.5. The van der Waals surface area contributed by atoms with Crippen molar-refractivity contribution in [2.24, 2.45) is 0 Å². The Balaban J connectivity index is 1.28. The maximum Gasteiger partial charge on any atom is 0.265 e. The summed E-state index contributed by atoms with van der Waals surface area (Å²) in [5, 5.41) is 20.7. The van der Waals surface area contributed by atoms with Crippen molar-refractivity contribution >= 4 is 29.5 Å². The second-order valence-electron chi connectivity index (χ2n) is 13.1. The monoisotopic (exact) mass is 713 g/mol. The molecule has 14 heteroatoms. The number of benzene rings is 3. The Labute approximate surface area is 301 Å². The highest BCUT2D eigenvalue weighted by Crippen LogP contribution is 2.32. The van der Waals surface area contributed by atoms with Crippen LogP contribution in [0.3, 0.4) is 0 Å². The van der Waals surface area contributed by atoms with Gasteiger partial charge in [0, 0.05) is 44.3 Å². The van der Waals surface area contributed by atoms with Gasteiger partial charge >= 0.3 is 0 Å². The normalized spacial score (nSPS) is 22.4. The molecule has 7 rings (SSSR count). The first-order valence-electron chi connectivity index (χ1n) is 17.5. The average molecular weight is 714 g/mol. The molecule has 4 aliphatic heterocycles. The lowest BCUT2D eigenvalue weighted by atomic mass is 9.88. The number of amides is 5. The Hall–Kier alpha value is -5.63. The minimum absolute atomic E-state index is 0.0613. The fourth-order valence-electron chi connectivity index (χ4n) is 6.47. The molecule has 0 unspecified atom stereocenters. The van der Waals surface area contributed by atoms with Crippen LogP contribution in [0.25, 0.3) is 0 Å². The summed E-state index contributed by atoms with van der Waals surface area (Å²) in [5.74, 6) is -1.06. The Bertz CT molecular complexity index is 1780. The van der Waals surface area contributed by atoms with Crippen molar-refractivity contribution in [2.75, 3.05) is 39.5 Å². The standard InChI is InChI=1S/C38H43N5O9/c1-24-33(45)39-16-20-50-28-8-10-29(11-9-28)52-38(14-17-43(18-15-38)36(48)27-7-12-32-26(22-27)13-19-51-32)37(49)42-30(21-25-5-3-2-4-6-25)34(46)41-31(23-44)35(47)40-24/h2-12,22,24,30-31,44H,13-21,23H2,1H3,(H,39,45)(H,40,47)(H,41,46)(H,42,49)/t24-,30+,31-/m0/s1. The molecule has 5 N–H and O–H groups in total. The van der Waals surface area contributed by atoms with Gasteiger partial charge in [0.2, 0.25) is 17.7 Å². The molecule has 1 fully saturated rings. The van der Waals surface area contributed by atoms with Gasteiger partial charge in [-0.1, -0.05) is 30.3 Å². The smallest absolute Gasteiger partial charge is 0.265 e. The molecule has 0 radical (unpaired) electrons. The second-order valence-corrected chi connectivity index (χ2v) is 13.1. The number of rotatable bonds is 4. The number of hydrogen-bond donors (Lipinski definition) is 5. The molecule has 4 aliphatic rings. The van der Waals surface area contributed by atoms with E-state index in [0.29, 0.717) is 23.7 Å². The van der Waals surface area contributed by atoms with Crippen molar-refractivity contribution in [3.05, 3.63) is 89.5 Å². The first kappa shape index (κ1) is 36.2. The molecule has 52 heavy (non-hydrogen) atoms. The lowest BCUT2D eigenvalue weighted by Gasteiger charge is -2.41. The van der Waals surface area contributed by atoms with Crippen LogP contribution in [0.15, 0.2) is 72.8 Å². The van der Waals surface area contributed by atoms with Gasteiger partial charge < -0.3 is 45.5 Å². The molecular weight excluding hydrogens is 670 g/mol. The predicted molar refractivity (Wildman–Crippen MR) is 188 cm³/mol. The zero-order valence-corrected chi connectivity index (χ0v) is 28.9. The van der Waals surface area contributed by atoms with Gasteiger partial charge in [-0.05, 0) is 60.5 Å². The maximum absolute atomic E-state index is 14.5. The third kappa shape index (κ3) is 8.45. The van der Waals surface area contributed by atoms with E-state index < -0.39 is 54.0 Å². The number of aliphatic hydroxyl groups is 1. The molecule has 3 atom stereocenters. The molecule has 1 saturated heterocycles. The van der Waals surface area contributed by atoms with Crippen LogP contribution in [0.2, 0.25) is 0 Å². The van der Waals surface area contributed by atoms with Gasteiger partial charge in [-0.3, -0.25) is 24.0 Å². The van der Waals surface area contributed by atoms with Gasteiger partial charge in [-0.2, -0.15) is 0 Å². The predicted octanol–water partition coefficient (Wildman–Crippen LogP) is 0.893. The number of ether oxygens (including phenoxy) is 3. The van der Waals surface area contributed by atoms with Gasteiger partial charge in [-0.15, -0.1) is 0 Å². The number of hydrogen-bond acceptors (Lipinski definition) is 9. The number of carbonyl (C=O) groups is 5. The van der Waals surface area contributed by atoms with E-state index in [1.807, 2.05) is 12.1 Å². The number of nitrogens with one attached hydrogen (secondary N) is 4. The summed E-state index contributed by atoms with van der Waals surface area (Å²) >= 11 is 0. The summed E-state index contributed by atoms with van der Waals surface area (Å²) in [6, 6.07) is 17.6. The van der Waals surface area contributed by atoms with Crippen molar-refractivity contribution < 1.29 is 43.3 Å². The average Bonchev–Trinajstić information content (AvgIpc) is 3.64. The highest BCUT2D eigenvalue weighted by molar-refractivity contribution is 5.97. The Morgan fingerprint density at radius 3 is 2.27 bits per heavy atom. The first-order valence-corrected chi connectivity index (χ1v) is 17.5. The van der Waals surface area contributed by atoms with E-state index in [-0.39, 0.29) is 51.4 Å². The summed E-state index contributed by atoms with van der Waals surface area (Å²) in [6.07, 6.45) is 1.03. The molecule has 0 saturated carbocycles. The molecule has 4 heterocycles. The molecule has 0 aromatic heterocycles. The lowest BCUT2D eigenvalue weighted by Crippen LogP contribution is -2.62. The van der Waals surface area contributed by atoms with Crippen molar-refractivity contribution in [2.45, 2.75) is 56.3 Å². The highest BCUT2D eigenvalue weighted by Gasteiger charge is 2.46. The number of aliphatic hydroxyl groups excluding tert-OH is 1. The van der Waals surface area contributed by atoms with Gasteiger partial charge in [0.1, 0.15) is 42.0 Å². The Kier molecular flexibility index (Phi) is 11.2.